The molecule has 0 N–H and O–H groups in total. The predicted molar refractivity (Wildman–Crippen MR) is 96.6 cm³/mol. The standard InChI is InChI=1S/C18H14Cl2FNO5/c1-18(2,3)14-15(20)22(17(24)27-14)11-8-13(9(19)7-10(11)21)26-16(23)12-5-4-6-25-12/h4-8H,1-3H3. The zero-order valence-electron chi connectivity index (χ0n) is 14.5. The van der Waals surface area contributed by atoms with Gasteiger partial charge in [0.25, 0.3) is 0 Å². The lowest BCUT2D eigenvalue weighted by atomic mass is 9.94. The zero-order chi connectivity index (χ0) is 19.9. The summed E-state index contributed by atoms with van der Waals surface area (Å²) in [5.41, 5.74) is -0.852. The number of hydrogen-bond acceptors (Lipinski definition) is 5. The van der Waals surface area contributed by atoms with Crippen LogP contribution in [0.4, 0.5) is 4.39 Å². The minimum atomic E-state index is -0.880. The number of benzene rings is 1. The minimum Gasteiger partial charge on any atom is -0.457 e. The van der Waals surface area contributed by atoms with Crippen LogP contribution in [-0.2, 0) is 5.41 Å². The Bertz CT molecular complexity index is 1060. The van der Waals surface area contributed by atoms with Crippen LogP contribution in [0.1, 0.15) is 37.1 Å². The second-order valence-corrected chi connectivity index (χ2v) is 7.44. The lowest BCUT2D eigenvalue weighted by molar-refractivity contribution is 0.0701. The highest BCUT2D eigenvalue weighted by molar-refractivity contribution is 6.32. The molecule has 3 rings (SSSR count). The van der Waals surface area contributed by atoms with Crippen LogP contribution in [0, 0.1) is 5.82 Å². The molecule has 0 amide bonds. The molecule has 0 aliphatic carbocycles. The topological polar surface area (TPSA) is 74.6 Å². The van der Waals surface area contributed by atoms with Gasteiger partial charge in [-0.25, -0.2) is 18.5 Å². The highest BCUT2D eigenvalue weighted by Gasteiger charge is 2.28. The van der Waals surface area contributed by atoms with Crippen molar-refractivity contribution in [3.63, 3.8) is 0 Å². The van der Waals surface area contributed by atoms with Crippen molar-refractivity contribution in [3.05, 3.63) is 68.6 Å². The van der Waals surface area contributed by atoms with Gasteiger partial charge in [0.2, 0.25) is 5.76 Å². The van der Waals surface area contributed by atoms with Crippen LogP contribution < -0.4 is 10.5 Å². The van der Waals surface area contributed by atoms with E-state index in [2.05, 4.69) is 0 Å². The second-order valence-electron chi connectivity index (χ2n) is 6.67. The highest BCUT2D eigenvalue weighted by atomic mass is 35.5. The molecule has 2 heterocycles. The summed E-state index contributed by atoms with van der Waals surface area (Å²) >= 11 is 12.2. The average molecular weight is 414 g/mol. The first-order valence-electron chi connectivity index (χ1n) is 7.76. The van der Waals surface area contributed by atoms with Crippen LogP contribution in [0.15, 0.2) is 44.2 Å². The van der Waals surface area contributed by atoms with Crippen LogP contribution in [0.2, 0.25) is 10.2 Å². The van der Waals surface area contributed by atoms with Gasteiger partial charge in [0.15, 0.2) is 16.7 Å². The summed E-state index contributed by atoms with van der Waals surface area (Å²) in [5, 5.41) is -0.253. The molecule has 0 aliphatic heterocycles. The van der Waals surface area contributed by atoms with Crippen molar-refractivity contribution in [3.8, 4) is 11.4 Å². The van der Waals surface area contributed by atoms with Gasteiger partial charge in [0, 0.05) is 11.5 Å². The molecule has 0 spiro atoms. The minimum absolute atomic E-state index is 0.0644. The number of carbonyl (C=O) groups excluding carboxylic acids is 1. The molecule has 3 aromatic rings. The van der Waals surface area contributed by atoms with Crippen LogP contribution >= 0.6 is 23.2 Å². The molecule has 1 aromatic carbocycles. The number of nitrogens with zero attached hydrogens (tertiary/aromatic N) is 1. The molecule has 0 unspecified atom stereocenters. The Balaban J connectivity index is 2.09. The fourth-order valence-electron chi connectivity index (χ4n) is 2.34. The van der Waals surface area contributed by atoms with Gasteiger partial charge >= 0.3 is 11.7 Å². The van der Waals surface area contributed by atoms with E-state index in [9.17, 15) is 14.0 Å². The third-order valence-electron chi connectivity index (χ3n) is 3.60. The molecule has 142 valence electrons. The van der Waals surface area contributed by atoms with Gasteiger partial charge < -0.3 is 13.6 Å². The summed E-state index contributed by atoms with van der Waals surface area (Å²) in [7, 11) is 0. The number of rotatable bonds is 3. The van der Waals surface area contributed by atoms with E-state index < -0.39 is 23.0 Å². The van der Waals surface area contributed by atoms with Crippen LogP contribution in [0.3, 0.4) is 0 Å². The molecule has 0 saturated heterocycles. The Hall–Kier alpha value is -2.51. The molecule has 0 atom stereocenters. The largest absolute Gasteiger partial charge is 0.457 e. The molecular formula is C18H14Cl2FNO5. The SMILES string of the molecule is CC(C)(C)c1oc(=O)n(-c2cc(OC(=O)c3ccco3)c(Cl)cc2F)c1Cl. The molecule has 9 heteroatoms. The van der Waals surface area contributed by atoms with Crippen molar-refractivity contribution in [2.45, 2.75) is 26.2 Å². The van der Waals surface area contributed by atoms with E-state index in [1.165, 1.54) is 18.4 Å². The Morgan fingerprint density at radius 1 is 1.26 bits per heavy atom. The maximum Gasteiger partial charge on any atom is 0.425 e. The molecule has 6 nitrogen and oxygen atoms in total. The van der Waals surface area contributed by atoms with Gasteiger partial charge in [0.1, 0.15) is 5.82 Å². The maximum atomic E-state index is 14.5. The van der Waals surface area contributed by atoms with E-state index >= 15 is 0 Å². The van der Waals surface area contributed by atoms with E-state index in [0.717, 1.165) is 16.7 Å². The van der Waals surface area contributed by atoms with Gasteiger partial charge in [-0.15, -0.1) is 0 Å². The van der Waals surface area contributed by atoms with E-state index in [4.69, 9.17) is 36.8 Å². The second kappa shape index (κ2) is 6.90. The molecule has 0 bridgehead atoms. The molecule has 2 aromatic heterocycles. The average Bonchev–Trinajstić information content (AvgIpc) is 3.19. The smallest absolute Gasteiger partial charge is 0.425 e. The number of ether oxygens (including phenoxy) is 1. The normalized spacial score (nSPS) is 11.6. The predicted octanol–water partition coefficient (Wildman–Crippen LogP) is 4.99. The fraction of sp³-hybridized carbons (Fsp3) is 0.222. The quantitative estimate of drug-likeness (QED) is 0.446. The van der Waals surface area contributed by atoms with E-state index in [1.807, 2.05) is 0 Å². The summed E-state index contributed by atoms with van der Waals surface area (Å²) in [6.07, 6.45) is 1.30. The number of carbonyl (C=O) groups is 1. The van der Waals surface area contributed by atoms with E-state index in [1.54, 1.807) is 20.8 Å². The maximum absolute atomic E-state index is 14.5. The monoisotopic (exact) mass is 413 g/mol. The van der Waals surface area contributed by atoms with Crippen LogP contribution in [-0.4, -0.2) is 10.5 Å². The van der Waals surface area contributed by atoms with Crippen LogP contribution in [0.25, 0.3) is 5.69 Å². The van der Waals surface area contributed by atoms with E-state index in [-0.39, 0.29) is 33.1 Å². The first kappa shape index (κ1) is 19.3. The summed E-state index contributed by atoms with van der Waals surface area (Å²) in [4.78, 5) is 24.3. The molecule has 0 radical (unpaired) electrons. The Morgan fingerprint density at radius 3 is 2.52 bits per heavy atom. The van der Waals surface area contributed by atoms with Crippen molar-refractivity contribution in [2.75, 3.05) is 0 Å². The van der Waals surface area contributed by atoms with Gasteiger partial charge in [-0.2, -0.15) is 0 Å². The summed E-state index contributed by atoms with van der Waals surface area (Å²) < 4.78 is 30.6. The van der Waals surface area contributed by atoms with Gasteiger partial charge in [0.05, 0.1) is 17.0 Å². The van der Waals surface area contributed by atoms with Crippen molar-refractivity contribution in [2.24, 2.45) is 0 Å². The molecular weight excluding hydrogens is 400 g/mol. The molecule has 27 heavy (non-hydrogen) atoms. The summed E-state index contributed by atoms with van der Waals surface area (Å²) in [6, 6.07) is 4.91. The number of furan rings is 1. The number of oxazole rings is 1. The van der Waals surface area contributed by atoms with Crippen molar-refractivity contribution < 1.29 is 22.8 Å². The zero-order valence-corrected chi connectivity index (χ0v) is 16.0. The summed E-state index contributed by atoms with van der Waals surface area (Å²) in [5.74, 6) is -2.60. The van der Waals surface area contributed by atoms with Crippen molar-refractivity contribution >= 4 is 29.2 Å². The third-order valence-corrected chi connectivity index (χ3v) is 4.24. The fourth-order valence-corrected chi connectivity index (χ4v) is 3.01. The third kappa shape index (κ3) is 3.65. The van der Waals surface area contributed by atoms with Crippen LogP contribution in [0.5, 0.6) is 5.75 Å². The number of esters is 1. The van der Waals surface area contributed by atoms with Crippen molar-refractivity contribution in [1.29, 1.82) is 0 Å². The molecule has 0 saturated carbocycles. The van der Waals surface area contributed by atoms with Crippen molar-refractivity contribution in [1.82, 2.24) is 4.57 Å². The first-order valence-corrected chi connectivity index (χ1v) is 8.52. The van der Waals surface area contributed by atoms with E-state index in [0.29, 0.717) is 0 Å². The van der Waals surface area contributed by atoms with Gasteiger partial charge in [-0.3, -0.25) is 0 Å². The lowest BCUT2D eigenvalue weighted by Gasteiger charge is -2.15. The Labute approximate surface area is 163 Å². The van der Waals surface area contributed by atoms with Gasteiger partial charge in [-0.05, 0) is 18.2 Å². The number of aromatic nitrogens is 1. The number of halogens is 3. The summed E-state index contributed by atoms with van der Waals surface area (Å²) in [6.45, 7) is 5.36. The number of hydrogen-bond donors (Lipinski definition) is 0. The van der Waals surface area contributed by atoms with Gasteiger partial charge in [-0.1, -0.05) is 44.0 Å². The first-order chi connectivity index (χ1) is 12.6. The molecule has 0 fully saturated rings. The lowest BCUT2D eigenvalue weighted by Crippen LogP contribution is -2.15. The highest BCUT2D eigenvalue weighted by Crippen LogP contribution is 2.34. The Kier molecular flexibility index (Phi) is 4.92. The Morgan fingerprint density at radius 2 is 1.96 bits per heavy atom. The molecule has 0 aliphatic rings.